The van der Waals surface area contributed by atoms with Gasteiger partial charge in [0.1, 0.15) is 11.0 Å². The molecule has 2 aromatic rings. The van der Waals surface area contributed by atoms with Gasteiger partial charge in [0.2, 0.25) is 0 Å². The first kappa shape index (κ1) is 17.5. The predicted octanol–water partition coefficient (Wildman–Crippen LogP) is 3.81. The van der Waals surface area contributed by atoms with Crippen LogP contribution in [0.5, 0.6) is 0 Å². The number of halogens is 2. The second-order valence-electron chi connectivity index (χ2n) is 5.47. The summed E-state index contributed by atoms with van der Waals surface area (Å²) in [6.07, 6.45) is 0.447. The zero-order valence-corrected chi connectivity index (χ0v) is 15.4. The molecule has 0 spiro atoms. The number of hydrogen-bond acceptors (Lipinski definition) is 5. The minimum absolute atomic E-state index is 0.0468. The van der Waals surface area contributed by atoms with Crippen LogP contribution in [0.15, 0.2) is 18.2 Å². The molecule has 0 radical (unpaired) electrons. The Kier molecular flexibility index (Phi) is 5.30. The summed E-state index contributed by atoms with van der Waals surface area (Å²) in [7, 11) is 0. The molecule has 5 nitrogen and oxygen atoms in total. The van der Waals surface area contributed by atoms with E-state index in [0.29, 0.717) is 46.2 Å². The van der Waals surface area contributed by atoms with Gasteiger partial charge in [-0.1, -0.05) is 47.5 Å². The fraction of sp³-hybridized carbons (Fsp3) is 0.375. The molecule has 1 saturated heterocycles. The molecule has 0 aliphatic carbocycles. The van der Waals surface area contributed by atoms with Crippen LogP contribution in [0.2, 0.25) is 10.0 Å². The topological polar surface area (TPSA) is 68.5 Å². The van der Waals surface area contributed by atoms with Crippen molar-refractivity contribution >= 4 is 45.6 Å². The van der Waals surface area contributed by atoms with Gasteiger partial charge in [-0.15, -0.1) is 0 Å². The van der Waals surface area contributed by atoms with Gasteiger partial charge in [-0.05, 0) is 24.1 Å². The summed E-state index contributed by atoms with van der Waals surface area (Å²) in [6, 6.07) is 5.39. The second kappa shape index (κ2) is 7.27. The Balaban J connectivity index is 1.79. The predicted molar refractivity (Wildman–Crippen MR) is 97.0 cm³/mol. The Morgan fingerprint density at radius 2 is 2.25 bits per heavy atom. The number of nitrogen functional groups attached to an aromatic ring is 1. The summed E-state index contributed by atoms with van der Waals surface area (Å²) >= 11 is 13.3. The molecule has 1 atom stereocenters. The molecule has 1 aromatic heterocycles. The summed E-state index contributed by atoms with van der Waals surface area (Å²) in [4.78, 5) is 19.5. The van der Waals surface area contributed by atoms with Crippen molar-refractivity contribution < 1.29 is 9.53 Å². The van der Waals surface area contributed by atoms with Crippen molar-refractivity contribution in [2.45, 2.75) is 19.4 Å². The lowest BCUT2D eigenvalue weighted by Gasteiger charge is -2.33. The molecule has 1 aromatic carbocycles. The molecule has 0 saturated carbocycles. The number of nitrogens with two attached hydrogens (primary N) is 1. The molecule has 1 aliphatic heterocycles. The van der Waals surface area contributed by atoms with Gasteiger partial charge in [-0.3, -0.25) is 4.79 Å². The number of benzene rings is 1. The van der Waals surface area contributed by atoms with Crippen molar-refractivity contribution in [3.8, 4) is 0 Å². The van der Waals surface area contributed by atoms with Gasteiger partial charge in [0.25, 0.3) is 5.91 Å². The largest absolute Gasteiger partial charge is 0.375 e. The molecule has 8 heteroatoms. The first-order valence-electron chi connectivity index (χ1n) is 7.60. The Hall–Kier alpha value is -1.34. The van der Waals surface area contributed by atoms with Crippen LogP contribution in [0.25, 0.3) is 0 Å². The molecule has 2 N–H and O–H groups in total. The van der Waals surface area contributed by atoms with E-state index in [-0.39, 0.29) is 12.0 Å². The smallest absolute Gasteiger partial charge is 0.266 e. The molecule has 1 fully saturated rings. The fourth-order valence-corrected chi connectivity index (χ4v) is 3.86. The number of ether oxygens (including phenoxy) is 1. The van der Waals surface area contributed by atoms with Gasteiger partial charge in [0.05, 0.1) is 28.9 Å². The Labute approximate surface area is 154 Å². The van der Waals surface area contributed by atoms with Crippen LogP contribution in [0.4, 0.5) is 5.13 Å². The number of nitrogens with zero attached hydrogens (tertiary/aromatic N) is 2. The Bertz CT molecular complexity index is 766. The minimum Gasteiger partial charge on any atom is -0.375 e. The normalized spacial score (nSPS) is 18.0. The van der Waals surface area contributed by atoms with Crippen molar-refractivity contribution in [2.24, 2.45) is 0 Å². The summed E-state index contributed by atoms with van der Waals surface area (Å²) in [6.45, 7) is 3.42. The van der Waals surface area contributed by atoms with E-state index < -0.39 is 0 Å². The van der Waals surface area contributed by atoms with Crippen LogP contribution < -0.4 is 5.73 Å². The SMILES string of the molecule is CCc1nc(N)sc1C(=O)N1CCOC(c2ccc(Cl)c(Cl)c2)C1. The molecular weight excluding hydrogens is 369 g/mol. The number of aryl methyl sites for hydroxylation is 1. The maximum absolute atomic E-state index is 12.8. The maximum Gasteiger partial charge on any atom is 0.266 e. The first-order chi connectivity index (χ1) is 11.5. The maximum atomic E-state index is 12.8. The van der Waals surface area contributed by atoms with Gasteiger partial charge >= 0.3 is 0 Å². The second-order valence-corrected chi connectivity index (χ2v) is 7.31. The molecular formula is C16H17Cl2N3O2S. The number of hydrogen-bond donors (Lipinski definition) is 1. The molecule has 0 bridgehead atoms. The monoisotopic (exact) mass is 385 g/mol. The van der Waals surface area contributed by atoms with Gasteiger partial charge in [0, 0.05) is 6.54 Å². The highest BCUT2D eigenvalue weighted by Crippen LogP contribution is 2.30. The zero-order chi connectivity index (χ0) is 17.3. The van der Waals surface area contributed by atoms with E-state index in [0.717, 1.165) is 11.3 Å². The molecule has 1 amide bonds. The van der Waals surface area contributed by atoms with Crippen LogP contribution in [0.1, 0.15) is 34.0 Å². The van der Waals surface area contributed by atoms with Gasteiger partial charge < -0.3 is 15.4 Å². The average Bonchev–Trinajstić information content (AvgIpc) is 2.97. The van der Waals surface area contributed by atoms with Gasteiger partial charge in [0.15, 0.2) is 5.13 Å². The quantitative estimate of drug-likeness (QED) is 0.871. The van der Waals surface area contributed by atoms with Crippen LogP contribution in [0, 0.1) is 0 Å². The Morgan fingerprint density at radius 1 is 1.46 bits per heavy atom. The van der Waals surface area contributed by atoms with E-state index >= 15 is 0 Å². The van der Waals surface area contributed by atoms with Crippen LogP contribution in [-0.4, -0.2) is 35.5 Å². The van der Waals surface area contributed by atoms with E-state index in [1.54, 1.807) is 17.0 Å². The highest BCUT2D eigenvalue weighted by Gasteiger charge is 2.29. The van der Waals surface area contributed by atoms with Crippen molar-refractivity contribution in [1.82, 2.24) is 9.88 Å². The molecule has 3 rings (SSSR count). The van der Waals surface area contributed by atoms with E-state index in [9.17, 15) is 4.79 Å². The number of carbonyl (C=O) groups is 1. The van der Waals surface area contributed by atoms with Crippen LogP contribution in [-0.2, 0) is 11.2 Å². The molecule has 2 heterocycles. The summed E-state index contributed by atoms with van der Waals surface area (Å²) in [5.74, 6) is -0.0468. The standard InChI is InChI=1S/C16H17Cl2N3O2S/c1-2-12-14(24-16(19)20-12)15(22)21-5-6-23-13(8-21)9-3-4-10(17)11(18)7-9/h3-4,7,13H,2,5-6,8H2,1H3,(H2,19,20). The third-order valence-corrected chi connectivity index (χ3v) is 5.57. The van der Waals surface area contributed by atoms with Crippen molar-refractivity contribution in [3.63, 3.8) is 0 Å². The third-order valence-electron chi connectivity index (χ3n) is 3.91. The summed E-state index contributed by atoms with van der Waals surface area (Å²) in [5.41, 5.74) is 7.41. The van der Waals surface area contributed by atoms with E-state index in [1.165, 1.54) is 11.3 Å². The lowest BCUT2D eigenvalue weighted by molar-refractivity contribution is -0.0226. The third kappa shape index (κ3) is 3.52. The van der Waals surface area contributed by atoms with Gasteiger partial charge in [-0.25, -0.2) is 4.98 Å². The first-order valence-corrected chi connectivity index (χ1v) is 9.17. The zero-order valence-electron chi connectivity index (χ0n) is 13.1. The van der Waals surface area contributed by atoms with E-state index in [4.69, 9.17) is 33.7 Å². The Morgan fingerprint density at radius 3 is 2.96 bits per heavy atom. The average molecular weight is 386 g/mol. The number of morpholine rings is 1. The molecule has 128 valence electrons. The number of rotatable bonds is 3. The molecule has 1 unspecified atom stereocenters. The highest BCUT2D eigenvalue weighted by atomic mass is 35.5. The number of anilines is 1. The van der Waals surface area contributed by atoms with E-state index in [2.05, 4.69) is 4.98 Å². The van der Waals surface area contributed by atoms with Gasteiger partial charge in [-0.2, -0.15) is 0 Å². The number of amides is 1. The molecule has 24 heavy (non-hydrogen) atoms. The number of aromatic nitrogens is 1. The fourth-order valence-electron chi connectivity index (χ4n) is 2.67. The van der Waals surface area contributed by atoms with Crippen molar-refractivity contribution in [1.29, 1.82) is 0 Å². The number of carbonyl (C=O) groups excluding carboxylic acids is 1. The summed E-state index contributed by atoms with van der Waals surface area (Å²) < 4.78 is 5.80. The minimum atomic E-state index is -0.229. The summed E-state index contributed by atoms with van der Waals surface area (Å²) in [5, 5.41) is 1.39. The lowest BCUT2D eigenvalue weighted by Crippen LogP contribution is -2.42. The van der Waals surface area contributed by atoms with Crippen molar-refractivity contribution in [2.75, 3.05) is 25.4 Å². The van der Waals surface area contributed by atoms with Crippen LogP contribution >= 0.6 is 34.5 Å². The highest BCUT2D eigenvalue weighted by molar-refractivity contribution is 7.17. The number of thiazole rings is 1. The molecule has 1 aliphatic rings. The van der Waals surface area contributed by atoms with Crippen molar-refractivity contribution in [3.05, 3.63) is 44.4 Å². The lowest BCUT2D eigenvalue weighted by atomic mass is 10.1. The van der Waals surface area contributed by atoms with Crippen LogP contribution in [0.3, 0.4) is 0 Å². The van der Waals surface area contributed by atoms with E-state index in [1.807, 2.05) is 13.0 Å².